The minimum absolute atomic E-state index is 0.0281. The Kier molecular flexibility index (Phi) is 3.06. The van der Waals surface area contributed by atoms with Crippen LogP contribution in [0, 0.1) is 0 Å². The van der Waals surface area contributed by atoms with Gasteiger partial charge < -0.3 is 16.8 Å². The molecule has 1 rings (SSSR count). The van der Waals surface area contributed by atoms with Gasteiger partial charge in [0.2, 0.25) is 0 Å². The van der Waals surface area contributed by atoms with Crippen molar-refractivity contribution in [2.24, 2.45) is 11.5 Å². The Bertz CT molecular complexity index is 134. The summed E-state index contributed by atoms with van der Waals surface area (Å²) in [5, 5.41) is 3.28. The molecule has 0 amide bonds. The van der Waals surface area contributed by atoms with E-state index in [1.54, 1.807) is 0 Å². The molecule has 0 aromatic rings. The van der Waals surface area contributed by atoms with E-state index in [2.05, 4.69) is 10.2 Å². The second-order valence-electron chi connectivity index (χ2n) is 4.05. The van der Waals surface area contributed by atoms with Crippen LogP contribution >= 0.6 is 0 Å². The molecule has 1 aliphatic heterocycles. The zero-order valence-electron chi connectivity index (χ0n) is 8.01. The van der Waals surface area contributed by atoms with Gasteiger partial charge in [0.15, 0.2) is 0 Å². The number of nitrogens with one attached hydrogen (secondary N) is 1. The monoisotopic (exact) mass is 172 g/mol. The van der Waals surface area contributed by atoms with Gasteiger partial charge in [-0.15, -0.1) is 0 Å². The fourth-order valence-corrected chi connectivity index (χ4v) is 1.43. The highest BCUT2D eigenvalue weighted by molar-refractivity contribution is 4.87. The first kappa shape index (κ1) is 9.92. The zero-order valence-corrected chi connectivity index (χ0v) is 8.01. The van der Waals surface area contributed by atoms with E-state index in [9.17, 15) is 0 Å². The van der Waals surface area contributed by atoms with Crippen LogP contribution in [-0.2, 0) is 0 Å². The molecule has 1 heterocycles. The van der Waals surface area contributed by atoms with Gasteiger partial charge >= 0.3 is 0 Å². The quantitative estimate of drug-likeness (QED) is 0.495. The lowest BCUT2D eigenvalue weighted by atomic mass is 10.0. The molecule has 1 saturated heterocycles. The summed E-state index contributed by atoms with van der Waals surface area (Å²) >= 11 is 0. The predicted octanol–water partition coefficient (Wildman–Crippen LogP) is -1.09. The lowest BCUT2D eigenvalue weighted by Gasteiger charge is -2.39. The number of rotatable bonds is 2. The van der Waals surface area contributed by atoms with Crippen molar-refractivity contribution in [1.82, 2.24) is 10.2 Å². The average molecular weight is 172 g/mol. The molecule has 0 aromatic heterocycles. The molecule has 4 nitrogen and oxygen atoms in total. The summed E-state index contributed by atoms with van der Waals surface area (Å²) in [6.07, 6.45) is -0.0281. The standard InChI is InChI=1S/C8H20N4/c1-8(2,10)7(9)12-5-3-11-4-6-12/h7,11H,3-6,9-10H2,1-2H3. The van der Waals surface area contributed by atoms with E-state index in [1.165, 1.54) is 0 Å². The van der Waals surface area contributed by atoms with Crippen molar-refractivity contribution in [1.29, 1.82) is 0 Å². The summed E-state index contributed by atoms with van der Waals surface area (Å²) in [5.41, 5.74) is 11.6. The molecule has 0 radical (unpaired) electrons. The third-order valence-electron chi connectivity index (χ3n) is 2.31. The third-order valence-corrected chi connectivity index (χ3v) is 2.31. The van der Waals surface area contributed by atoms with Crippen molar-refractivity contribution in [3.63, 3.8) is 0 Å². The van der Waals surface area contributed by atoms with E-state index in [-0.39, 0.29) is 11.7 Å². The highest BCUT2D eigenvalue weighted by atomic mass is 15.3. The number of piperazine rings is 1. The Hall–Kier alpha value is -0.160. The molecular formula is C8H20N4. The summed E-state index contributed by atoms with van der Waals surface area (Å²) in [6.45, 7) is 7.98. The van der Waals surface area contributed by atoms with Crippen molar-refractivity contribution in [2.75, 3.05) is 26.2 Å². The Morgan fingerprint density at radius 1 is 1.33 bits per heavy atom. The van der Waals surface area contributed by atoms with E-state index in [1.807, 2.05) is 13.8 Å². The lowest BCUT2D eigenvalue weighted by Crippen LogP contribution is -2.63. The number of nitrogens with two attached hydrogens (primary N) is 2. The first-order valence-electron chi connectivity index (χ1n) is 4.51. The second-order valence-corrected chi connectivity index (χ2v) is 4.05. The molecule has 0 aromatic carbocycles. The Labute approximate surface area is 74.3 Å². The average Bonchev–Trinajstić information content (AvgIpc) is 2.03. The molecule has 72 valence electrons. The maximum atomic E-state index is 6.00. The summed E-state index contributed by atoms with van der Waals surface area (Å²) in [7, 11) is 0. The van der Waals surface area contributed by atoms with Gasteiger partial charge in [0.25, 0.3) is 0 Å². The van der Waals surface area contributed by atoms with Gasteiger partial charge in [0.05, 0.1) is 6.17 Å². The van der Waals surface area contributed by atoms with E-state index in [0.29, 0.717) is 0 Å². The van der Waals surface area contributed by atoms with Gasteiger partial charge in [0.1, 0.15) is 0 Å². The topological polar surface area (TPSA) is 67.3 Å². The Morgan fingerprint density at radius 2 is 1.83 bits per heavy atom. The molecule has 0 saturated carbocycles. The molecule has 0 bridgehead atoms. The van der Waals surface area contributed by atoms with Crippen molar-refractivity contribution in [2.45, 2.75) is 25.6 Å². The van der Waals surface area contributed by atoms with Gasteiger partial charge in [-0.05, 0) is 13.8 Å². The molecule has 1 unspecified atom stereocenters. The largest absolute Gasteiger partial charge is 0.323 e. The Balaban J connectivity index is 2.45. The molecule has 4 heteroatoms. The van der Waals surface area contributed by atoms with Crippen molar-refractivity contribution in [3.8, 4) is 0 Å². The predicted molar refractivity (Wildman–Crippen MR) is 50.7 cm³/mol. The van der Waals surface area contributed by atoms with Gasteiger partial charge in [-0.2, -0.15) is 0 Å². The van der Waals surface area contributed by atoms with E-state index in [4.69, 9.17) is 11.5 Å². The zero-order chi connectivity index (χ0) is 9.19. The molecule has 0 aliphatic carbocycles. The molecule has 5 N–H and O–H groups in total. The van der Waals surface area contributed by atoms with E-state index >= 15 is 0 Å². The van der Waals surface area contributed by atoms with Crippen LogP contribution in [0.5, 0.6) is 0 Å². The molecule has 1 aliphatic rings. The number of nitrogens with zero attached hydrogens (tertiary/aromatic N) is 1. The van der Waals surface area contributed by atoms with Gasteiger partial charge in [-0.1, -0.05) is 0 Å². The van der Waals surface area contributed by atoms with Crippen molar-refractivity contribution < 1.29 is 0 Å². The molecule has 12 heavy (non-hydrogen) atoms. The smallest absolute Gasteiger partial charge is 0.0752 e. The van der Waals surface area contributed by atoms with Crippen LogP contribution in [0.1, 0.15) is 13.8 Å². The van der Waals surface area contributed by atoms with Gasteiger partial charge in [-0.3, -0.25) is 4.90 Å². The SMILES string of the molecule is CC(C)(N)C(N)N1CCNCC1. The van der Waals surface area contributed by atoms with Crippen LogP contribution in [0.2, 0.25) is 0 Å². The molecular weight excluding hydrogens is 152 g/mol. The fourth-order valence-electron chi connectivity index (χ4n) is 1.43. The van der Waals surface area contributed by atoms with Crippen LogP contribution in [0.15, 0.2) is 0 Å². The maximum absolute atomic E-state index is 6.00. The Morgan fingerprint density at radius 3 is 2.25 bits per heavy atom. The van der Waals surface area contributed by atoms with Crippen LogP contribution in [0.4, 0.5) is 0 Å². The second kappa shape index (κ2) is 3.70. The summed E-state index contributed by atoms with van der Waals surface area (Å²) in [5.74, 6) is 0. The van der Waals surface area contributed by atoms with Crippen LogP contribution in [-0.4, -0.2) is 42.8 Å². The summed E-state index contributed by atoms with van der Waals surface area (Å²) < 4.78 is 0. The molecule has 1 fully saturated rings. The van der Waals surface area contributed by atoms with Crippen LogP contribution in [0.25, 0.3) is 0 Å². The molecule has 0 spiro atoms. The highest BCUT2D eigenvalue weighted by Gasteiger charge is 2.27. The highest BCUT2D eigenvalue weighted by Crippen LogP contribution is 2.08. The van der Waals surface area contributed by atoms with Crippen LogP contribution < -0.4 is 16.8 Å². The summed E-state index contributed by atoms with van der Waals surface area (Å²) in [4.78, 5) is 2.23. The fraction of sp³-hybridized carbons (Fsp3) is 1.00. The van der Waals surface area contributed by atoms with Crippen molar-refractivity contribution >= 4 is 0 Å². The van der Waals surface area contributed by atoms with Gasteiger partial charge in [-0.25, -0.2) is 0 Å². The first-order valence-corrected chi connectivity index (χ1v) is 4.51. The number of hydrogen-bond donors (Lipinski definition) is 3. The van der Waals surface area contributed by atoms with Gasteiger partial charge in [0, 0.05) is 31.7 Å². The minimum Gasteiger partial charge on any atom is -0.323 e. The van der Waals surface area contributed by atoms with Crippen LogP contribution in [0.3, 0.4) is 0 Å². The third kappa shape index (κ3) is 2.42. The first-order chi connectivity index (χ1) is 5.52. The lowest BCUT2D eigenvalue weighted by molar-refractivity contribution is 0.124. The molecule has 1 atom stereocenters. The minimum atomic E-state index is -0.308. The summed E-state index contributed by atoms with van der Waals surface area (Å²) in [6, 6.07) is 0. The van der Waals surface area contributed by atoms with E-state index < -0.39 is 0 Å². The normalized spacial score (nSPS) is 24.0. The number of hydrogen-bond acceptors (Lipinski definition) is 4. The maximum Gasteiger partial charge on any atom is 0.0752 e. The van der Waals surface area contributed by atoms with Crippen molar-refractivity contribution in [3.05, 3.63) is 0 Å². The van der Waals surface area contributed by atoms with E-state index in [0.717, 1.165) is 26.2 Å².